The van der Waals surface area contributed by atoms with Crippen LogP contribution in [0.15, 0.2) is 24.3 Å². The maximum atomic E-state index is 5.78. The molecule has 1 aliphatic heterocycles. The van der Waals surface area contributed by atoms with Gasteiger partial charge in [0.05, 0.1) is 12.3 Å². The molecular weight excluding hydrogens is 228 g/mol. The Kier molecular flexibility index (Phi) is 5.30. The summed E-state index contributed by atoms with van der Waals surface area (Å²) in [5.74, 6) is 0.955. The van der Waals surface area contributed by atoms with E-state index in [-0.39, 0.29) is 0 Å². The lowest BCUT2D eigenvalue weighted by atomic mass is 10.2. The number of anilines is 1. The monoisotopic (exact) mass is 250 g/mol. The van der Waals surface area contributed by atoms with E-state index in [1.807, 2.05) is 12.1 Å². The van der Waals surface area contributed by atoms with Crippen molar-refractivity contribution in [3.63, 3.8) is 0 Å². The lowest BCUT2D eigenvalue weighted by Crippen LogP contribution is -2.28. The van der Waals surface area contributed by atoms with E-state index in [2.05, 4.69) is 22.3 Å². The number of rotatable bonds is 5. The zero-order chi connectivity index (χ0) is 12.6. The third-order valence-corrected chi connectivity index (χ3v) is 3.09. The lowest BCUT2D eigenvalue weighted by molar-refractivity contribution is 0.146. The second-order valence-corrected chi connectivity index (χ2v) is 4.40. The zero-order valence-electron chi connectivity index (χ0n) is 11.0. The van der Waals surface area contributed by atoms with Crippen molar-refractivity contribution < 1.29 is 9.47 Å². The molecule has 0 radical (unpaired) electrons. The van der Waals surface area contributed by atoms with Gasteiger partial charge in [0.15, 0.2) is 0 Å². The quantitative estimate of drug-likeness (QED) is 0.803. The number of hydrogen-bond acceptors (Lipinski definition) is 4. The van der Waals surface area contributed by atoms with Gasteiger partial charge in [-0.1, -0.05) is 12.1 Å². The molecule has 4 heteroatoms. The maximum absolute atomic E-state index is 5.78. The Morgan fingerprint density at radius 3 is 2.94 bits per heavy atom. The topological polar surface area (TPSA) is 33.7 Å². The summed E-state index contributed by atoms with van der Waals surface area (Å²) in [5.41, 5.74) is 1.19. The van der Waals surface area contributed by atoms with Crippen LogP contribution in [0.25, 0.3) is 0 Å². The molecule has 0 aliphatic carbocycles. The number of nitrogens with zero attached hydrogens (tertiary/aromatic N) is 1. The molecule has 0 saturated carbocycles. The summed E-state index contributed by atoms with van der Waals surface area (Å²) >= 11 is 0. The first-order valence-corrected chi connectivity index (χ1v) is 6.58. The second kappa shape index (κ2) is 7.24. The molecule has 1 aromatic carbocycles. The third kappa shape index (κ3) is 3.62. The summed E-state index contributed by atoms with van der Waals surface area (Å²) in [6.07, 6.45) is 1.17. The molecule has 1 N–H and O–H groups in total. The molecule has 0 atom stereocenters. The highest BCUT2D eigenvalue weighted by atomic mass is 16.5. The molecule has 0 amide bonds. The Morgan fingerprint density at radius 2 is 2.06 bits per heavy atom. The van der Waals surface area contributed by atoms with Crippen LogP contribution in [0.4, 0.5) is 5.69 Å². The molecule has 0 bridgehead atoms. The second-order valence-electron chi connectivity index (χ2n) is 4.40. The van der Waals surface area contributed by atoms with E-state index in [9.17, 15) is 0 Å². The minimum absolute atomic E-state index is 0.597. The van der Waals surface area contributed by atoms with Crippen LogP contribution in [0.5, 0.6) is 5.75 Å². The Hall–Kier alpha value is -1.26. The Labute approximate surface area is 109 Å². The molecular formula is C14H22N2O2. The molecule has 1 aromatic rings. The number of benzene rings is 1. The number of hydrogen-bond donors (Lipinski definition) is 1. The van der Waals surface area contributed by atoms with E-state index in [0.29, 0.717) is 13.2 Å². The largest absolute Gasteiger partial charge is 0.489 e. The molecule has 0 unspecified atom stereocenters. The van der Waals surface area contributed by atoms with Crippen molar-refractivity contribution in [1.82, 2.24) is 5.32 Å². The van der Waals surface area contributed by atoms with Crippen molar-refractivity contribution in [2.45, 2.75) is 6.42 Å². The molecule has 1 fully saturated rings. The molecule has 0 aromatic heterocycles. The van der Waals surface area contributed by atoms with Gasteiger partial charge in [-0.2, -0.15) is 0 Å². The summed E-state index contributed by atoms with van der Waals surface area (Å²) in [6, 6.07) is 8.25. The van der Waals surface area contributed by atoms with Crippen molar-refractivity contribution in [2.75, 3.05) is 51.4 Å². The highest BCUT2D eigenvalue weighted by Gasteiger charge is 2.13. The standard InChI is InChI=1S/C14H22N2O2/c1-17-11-12-18-14-6-3-2-5-13(14)16-9-4-7-15-8-10-16/h2-3,5-6,15H,4,7-12H2,1H3. The highest BCUT2D eigenvalue weighted by molar-refractivity contribution is 5.58. The van der Waals surface area contributed by atoms with Gasteiger partial charge in [0, 0.05) is 26.7 Å². The maximum Gasteiger partial charge on any atom is 0.142 e. The van der Waals surface area contributed by atoms with Gasteiger partial charge in [0.1, 0.15) is 12.4 Å². The number of methoxy groups -OCH3 is 1. The number of nitrogens with one attached hydrogen (secondary N) is 1. The summed E-state index contributed by atoms with van der Waals surface area (Å²) in [7, 11) is 1.69. The van der Waals surface area contributed by atoms with Crippen molar-refractivity contribution in [2.24, 2.45) is 0 Å². The van der Waals surface area contributed by atoms with Crippen molar-refractivity contribution in [3.8, 4) is 5.75 Å². The molecule has 100 valence electrons. The fourth-order valence-corrected chi connectivity index (χ4v) is 2.16. The van der Waals surface area contributed by atoms with Crippen LogP contribution in [-0.4, -0.2) is 46.5 Å². The van der Waals surface area contributed by atoms with Crippen LogP contribution in [0, 0.1) is 0 Å². The SMILES string of the molecule is COCCOc1ccccc1N1CCCNCC1. The van der Waals surface area contributed by atoms with Crippen molar-refractivity contribution >= 4 is 5.69 Å². The average Bonchev–Trinajstić information content (AvgIpc) is 2.68. The van der Waals surface area contributed by atoms with E-state index in [4.69, 9.17) is 9.47 Å². The third-order valence-electron chi connectivity index (χ3n) is 3.09. The van der Waals surface area contributed by atoms with Crippen molar-refractivity contribution in [3.05, 3.63) is 24.3 Å². The first kappa shape index (κ1) is 13.2. The van der Waals surface area contributed by atoms with Gasteiger partial charge in [-0.25, -0.2) is 0 Å². The van der Waals surface area contributed by atoms with E-state index >= 15 is 0 Å². The smallest absolute Gasteiger partial charge is 0.142 e. The van der Waals surface area contributed by atoms with Crippen LogP contribution >= 0.6 is 0 Å². The Bertz CT molecular complexity index is 349. The molecule has 1 heterocycles. The summed E-state index contributed by atoms with van der Waals surface area (Å²) < 4.78 is 10.8. The molecule has 4 nitrogen and oxygen atoms in total. The highest BCUT2D eigenvalue weighted by Crippen LogP contribution is 2.28. The minimum atomic E-state index is 0.597. The number of ether oxygens (including phenoxy) is 2. The van der Waals surface area contributed by atoms with Crippen molar-refractivity contribution in [1.29, 1.82) is 0 Å². The predicted molar refractivity (Wildman–Crippen MR) is 73.5 cm³/mol. The fraction of sp³-hybridized carbons (Fsp3) is 0.571. The van der Waals surface area contributed by atoms with Gasteiger partial charge < -0.3 is 19.7 Å². The van der Waals surface area contributed by atoms with Gasteiger partial charge in [-0.05, 0) is 25.1 Å². The van der Waals surface area contributed by atoms with Gasteiger partial charge in [-0.15, -0.1) is 0 Å². The molecule has 2 rings (SSSR count). The summed E-state index contributed by atoms with van der Waals surface area (Å²) in [4.78, 5) is 2.39. The average molecular weight is 250 g/mol. The normalized spacial score (nSPS) is 16.4. The van der Waals surface area contributed by atoms with E-state index in [1.165, 1.54) is 12.1 Å². The molecule has 1 saturated heterocycles. The Morgan fingerprint density at radius 1 is 1.17 bits per heavy atom. The van der Waals surface area contributed by atoms with Gasteiger partial charge >= 0.3 is 0 Å². The van der Waals surface area contributed by atoms with E-state index in [1.54, 1.807) is 7.11 Å². The predicted octanol–water partition coefficient (Wildman–Crippen LogP) is 1.51. The van der Waals surface area contributed by atoms with Crippen LogP contribution in [-0.2, 0) is 4.74 Å². The van der Waals surface area contributed by atoms with Crippen LogP contribution in [0.1, 0.15) is 6.42 Å². The van der Waals surface area contributed by atoms with Gasteiger partial charge in [-0.3, -0.25) is 0 Å². The lowest BCUT2D eigenvalue weighted by Gasteiger charge is -2.24. The van der Waals surface area contributed by atoms with Gasteiger partial charge in [0.25, 0.3) is 0 Å². The minimum Gasteiger partial charge on any atom is -0.489 e. The molecule has 1 aliphatic rings. The first-order valence-electron chi connectivity index (χ1n) is 6.58. The summed E-state index contributed by atoms with van der Waals surface area (Å²) in [5, 5.41) is 3.42. The molecule has 0 spiro atoms. The van der Waals surface area contributed by atoms with Crippen LogP contribution < -0.4 is 15.0 Å². The number of para-hydroxylation sites is 2. The van der Waals surface area contributed by atoms with E-state index in [0.717, 1.165) is 31.9 Å². The van der Waals surface area contributed by atoms with Crippen LogP contribution in [0.2, 0.25) is 0 Å². The molecule has 18 heavy (non-hydrogen) atoms. The van der Waals surface area contributed by atoms with Crippen LogP contribution in [0.3, 0.4) is 0 Å². The zero-order valence-corrected chi connectivity index (χ0v) is 11.0. The van der Waals surface area contributed by atoms with Gasteiger partial charge in [0.2, 0.25) is 0 Å². The van der Waals surface area contributed by atoms with E-state index < -0.39 is 0 Å². The fourth-order valence-electron chi connectivity index (χ4n) is 2.16. The first-order chi connectivity index (χ1) is 8.92. The summed E-state index contributed by atoms with van der Waals surface area (Å²) in [6.45, 7) is 5.47. The Balaban J connectivity index is 2.05.